The number of benzene rings is 1. The summed E-state index contributed by atoms with van der Waals surface area (Å²) in [7, 11) is 3.69. The Morgan fingerprint density at radius 1 is 1.24 bits per heavy atom. The molecule has 0 aliphatic rings. The summed E-state index contributed by atoms with van der Waals surface area (Å²) in [6.45, 7) is 3.74. The minimum atomic E-state index is 0.718. The molecule has 0 amide bonds. The van der Waals surface area contributed by atoms with Crippen LogP contribution in [0.5, 0.6) is 5.75 Å². The van der Waals surface area contributed by atoms with E-state index in [1.54, 1.807) is 19.5 Å². The van der Waals surface area contributed by atoms with Crippen molar-refractivity contribution in [3.63, 3.8) is 0 Å². The zero-order valence-electron chi connectivity index (χ0n) is 12.8. The van der Waals surface area contributed by atoms with E-state index in [0.717, 1.165) is 42.5 Å². The second kappa shape index (κ2) is 7.47. The Labute approximate surface area is 126 Å². The predicted molar refractivity (Wildman–Crippen MR) is 85.9 cm³/mol. The third-order valence-corrected chi connectivity index (χ3v) is 3.17. The molecule has 1 N–H and O–H groups in total. The van der Waals surface area contributed by atoms with Crippen LogP contribution in [0.15, 0.2) is 36.7 Å². The van der Waals surface area contributed by atoms with Gasteiger partial charge in [0.25, 0.3) is 0 Å². The standard InChI is InChI=1S/C16H22N4O/c1-4-9-18-15-10-17-11-16(19-15)20(2)12-13-7-5-6-8-14(13)21-3/h5-8,10-11H,4,9,12H2,1-3H3,(H,18,19). The van der Waals surface area contributed by atoms with Crippen LogP contribution in [0.2, 0.25) is 0 Å². The third-order valence-electron chi connectivity index (χ3n) is 3.17. The molecule has 1 aromatic heterocycles. The van der Waals surface area contributed by atoms with E-state index in [1.807, 2.05) is 25.2 Å². The maximum absolute atomic E-state index is 5.38. The van der Waals surface area contributed by atoms with Crippen LogP contribution < -0.4 is 15.0 Å². The molecule has 0 aliphatic heterocycles. The highest BCUT2D eigenvalue weighted by Crippen LogP contribution is 2.21. The number of methoxy groups -OCH3 is 1. The summed E-state index contributed by atoms with van der Waals surface area (Å²) in [5.74, 6) is 2.53. The van der Waals surface area contributed by atoms with Gasteiger partial charge in [-0.25, -0.2) is 4.98 Å². The zero-order chi connectivity index (χ0) is 15.1. The van der Waals surface area contributed by atoms with Crippen LogP contribution in [0.4, 0.5) is 11.6 Å². The molecule has 2 rings (SSSR count). The molecule has 0 atom stereocenters. The fourth-order valence-corrected chi connectivity index (χ4v) is 2.05. The number of nitrogens with zero attached hydrogens (tertiary/aromatic N) is 3. The van der Waals surface area contributed by atoms with Gasteiger partial charge >= 0.3 is 0 Å². The number of ether oxygens (including phenoxy) is 1. The first-order chi connectivity index (χ1) is 10.2. The van der Waals surface area contributed by atoms with Crippen LogP contribution in [0.1, 0.15) is 18.9 Å². The van der Waals surface area contributed by atoms with E-state index in [9.17, 15) is 0 Å². The van der Waals surface area contributed by atoms with Crippen LogP contribution in [0, 0.1) is 0 Å². The van der Waals surface area contributed by atoms with Gasteiger partial charge in [0.1, 0.15) is 17.4 Å². The summed E-state index contributed by atoms with van der Waals surface area (Å²) in [4.78, 5) is 10.9. The summed E-state index contributed by atoms with van der Waals surface area (Å²) in [5.41, 5.74) is 1.12. The van der Waals surface area contributed by atoms with Crippen LogP contribution >= 0.6 is 0 Å². The molecule has 0 spiro atoms. The Balaban J connectivity index is 2.10. The molecule has 0 bridgehead atoms. The van der Waals surface area contributed by atoms with E-state index in [0.29, 0.717) is 0 Å². The number of rotatable bonds is 7. The van der Waals surface area contributed by atoms with Crippen molar-refractivity contribution in [1.82, 2.24) is 9.97 Å². The fourth-order valence-electron chi connectivity index (χ4n) is 2.05. The van der Waals surface area contributed by atoms with Gasteiger partial charge in [-0.1, -0.05) is 25.1 Å². The topological polar surface area (TPSA) is 50.3 Å². The second-order valence-electron chi connectivity index (χ2n) is 4.86. The first-order valence-corrected chi connectivity index (χ1v) is 7.13. The lowest BCUT2D eigenvalue weighted by atomic mass is 10.2. The summed E-state index contributed by atoms with van der Waals surface area (Å²) in [6.07, 6.45) is 4.58. The van der Waals surface area contributed by atoms with Crippen molar-refractivity contribution in [3.05, 3.63) is 42.2 Å². The zero-order valence-corrected chi connectivity index (χ0v) is 12.8. The molecule has 0 unspecified atom stereocenters. The van der Waals surface area contributed by atoms with Gasteiger partial charge in [-0.15, -0.1) is 0 Å². The molecule has 1 aromatic carbocycles. The molecular formula is C16H22N4O. The Morgan fingerprint density at radius 3 is 2.81 bits per heavy atom. The SMILES string of the molecule is CCCNc1cncc(N(C)Cc2ccccc2OC)n1. The number of hydrogen-bond donors (Lipinski definition) is 1. The number of aromatic nitrogens is 2. The smallest absolute Gasteiger partial charge is 0.149 e. The Kier molecular flexibility index (Phi) is 5.37. The Morgan fingerprint density at radius 2 is 2.05 bits per heavy atom. The maximum atomic E-state index is 5.38. The van der Waals surface area contributed by atoms with Crippen molar-refractivity contribution < 1.29 is 4.74 Å². The van der Waals surface area contributed by atoms with Crippen molar-refractivity contribution in [3.8, 4) is 5.75 Å². The van der Waals surface area contributed by atoms with Gasteiger partial charge in [0.15, 0.2) is 0 Å². The predicted octanol–water partition coefficient (Wildman–Crippen LogP) is 2.94. The normalized spacial score (nSPS) is 10.2. The molecule has 112 valence electrons. The molecular weight excluding hydrogens is 264 g/mol. The van der Waals surface area contributed by atoms with Crippen molar-refractivity contribution in [2.24, 2.45) is 0 Å². The molecule has 0 saturated heterocycles. The van der Waals surface area contributed by atoms with Crippen molar-refractivity contribution in [2.45, 2.75) is 19.9 Å². The molecule has 1 heterocycles. The average Bonchev–Trinajstić information content (AvgIpc) is 2.53. The van der Waals surface area contributed by atoms with Gasteiger partial charge in [0.05, 0.1) is 19.5 Å². The summed E-state index contributed by atoms with van der Waals surface area (Å²) in [6, 6.07) is 8.00. The van der Waals surface area contributed by atoms with Gasteiger partial charge in [-0.2, -0.15) is 0 Å². The first kappa shape index (κ1) is 15.1. The van der Waals surface area contributed by atoms with E-state index in [4.69, 9.17) is 4.74 Å². The van der Waals surface area contributed by atoms with Crippen LogP contribution in [0.25, 0.3) is 0 Å². The minimum Gasteiger partial charge on any atom is -0.496 e. The Hall–Kier alpha value is -2.30. The summed E-state index contributed by atoms with van der Waals surface area (Å²) < 4.78 is 5.38. The van der Waals surface area contributed by atoms with Gasteiger partial charge in [0, 0.05) is 25.7 Å². The van der Waals surface area contributed by atoms with Gasteiger partial charge < -0.3 is 15.0 Å². The molecule has 21 heavy (non-hydrogen) atoms. The van der Waals surface area contributed by atoms with E-state index in [1.165, 1.54) is 0 Å². The summed E-state index contributed by atoms with van der Waals surface area (Å²) in [5, 5.41) is 3.25. The maximum Gasteiger partial charge on any atom is 0.149 e. The van der Waals surface area contributed by atoms with E-state index >= 15 is 0 Å². The number of nitrogens with one attached hydrogen (secondary N) is 1. The molecule has 2 aromatic rings. The third kappa shape index (κ3) is 4.08. The van der Waals surface area contributed by atoms with Crippen LogP contribution in [-0.2, 0) is 6.54 Å². The van der Waals surface area contributed by atoms with Crippen molar-refractivity contribution in [2.75, 3.05) is 30.9 Å². The second-order valence-corrected chi connectivity index (χ2v) is 4.86. The lowest BCUT2D eigenvalue weighted by Gasteiger charge is -2.20. The number of anilines is 2. The van der Waals surface area contributed by atoms with Crippen LogP contribution in [-0.4, -0.2) is 30.7 Å². The van der Waals surface area contributed by atoms with Gasteiger partial charge in [0.2, 0.25) is 0 Å². The molecule has 0 saturated carbocycles. The summed E-state index contributed by atoms with van der Waals surface area (Å²) >= 11 is 0. The monoisotopic (exact) mass is 286 g/mol. The number of para-hydroxylation sites is 1. The highest BCUT2D eigenvalue weighted by molar-refractivity contribution is 5.45. The lowest BCUT2D eigenvalue weighted by molar-refractivity contribution is 0.409. The van der Waals surface area contributed by atoms with E-state index < -0.39 is 0 Å². The number of hydrogen-bond acceptors (Lipinski definition) is 5. The average molecular weight is 286 g/mol. The Bertz CT molecular complexity index is 574. The lowest BCUT2D eigenvalue weighted by Crippen LogP contribution is -2.19. The fraction of sp³-hybridized carbons (Fsp3) is 0.375. The first-order valence-electron chi connectivity index (χ1n) is 7.13. The highest BCUT2D eigenvalue weighted by atomic mass is 16.5. The molecule has 0 aliphatic carbocycles. The van der Waals surface area contributed by atoms with Crippen molar-refractivity contribution in [1.29, 1.82) is 0 Å². The molecule has 0 radical (unpaired) electrons. The highest BCUT2D eigenvalue weighted by Gasteiger charge is 2.08. The van der Waals surface area contributed by atoms with Gasteiger partial charge in [-0.3, -0.25) is 4.98 Å². The molecule has 5 nitrogen and oxygen atoms in total. The van der Waals surface area contributed by atoms with Crippen molar-refractivity contribution >= 4 is 11.6 Å². The largest absolute Gasteiger partial charge is 0.496 e. The molecule has 0 fully saturated rings. The van der Waals surface area contributed by atoms with E-state index in [2.05, 4.69) is 33.2 Å². The quantitative estimate of drug-likeness (QED) is 0.848. The minimum absolute atomic E-state index is 0.718. The van der Waals surface area contributed by atoms with Gasteiger partial charge in [-0.05, 0) is 12.5 Å². The van der Waals surface area contributed by atoms with Crippen LogP contribution in [0.3, 0.4) is 0 Å². The molecule has 5 heteroatoms. The van der Waals surface area contributed by atoms with E-state index in [-0.39, 0.29) is 0 Å².